The largest absolute Gasteiger partial charge is 0.460 e. The van der Waals surface area contributed by atoms with Gasteiger partial charge in [0, 0.05) is 12.5 Å². The van der Waals surface area contributed by atoms with Gasteiger partial charge >= 0.3 is 5.97 Å². The molecule has 0 aromatic heterocycles. The molecule has 0 radical (unpaired) electrons. The van der Waals surface area contributed by atoms with Gasteiger partial charge in [-0.1, -0.05) is 31.0 Å². The minimum Gasteiger partial charge on any atom is -0.460 e. The predicted octanol–water partition coefficient (Wildman–Crippen LogP) is 3.71. The lowest BCUT2D eigenvalue weighted by molar-refractivity contribution is -0.00913. The maximum atomic E-state index is 11.7. The number of hydrogen-bond acceptors (Lipinski definition) is 6. The Balaban J connectivity index is 1.74. The minimum atomic E-state index is -0.340. The number of alkyl halides is 1. The summed E-state index contributed by atoms with van der Waals surface area (Å²) in [4.78, 5) is 11.7. The number of carbonyl (C=O) groups is 1. The second-order valence-corrected chi connectivity index (χ2v) is 6.43. The van der Waals surface area contributed by atoms with Crippen molar-refractivity contribution in [2.45, 2.75) is 25.7 Å². The Bertz CT molecular complexity index is 471. The molecule has 0 unspecified atom stereocenters. The minimum absolute atomic E-state index is 0.226. The van der Waals surface area contributed by atoms with E-state index in [1.165, 1.54) is 12.8 Å². The van der Waals surface area contributed by atoms with Crippen molar-refractivity contribution in [3.8, 4) is 0 Å². The van der Waals surface area contributed by atoms with Gasteiger partial charge in [0.2, 0.25) is 0 Å². The van der Waals surface area contributed by atoms with Crippen LogP contribution in [0.3, 0.4) is 0 Å². The van der Waals surface area contributed by atoms with Gasteiger partial charge in [0.05, 0.1) is 51.8 Å². The maximum absolute atomic E-state index is 11.7. The van der Waals surface area contributed by atoms with Crippen LogP contribution in [0.25, 0.3) is 0 Å². The quantitative estimate of drug-likeness (QED) is 0.194. The van der Waals surface area contributed by atoms with E-state index < -0.39 is 0 Å². The summed E-state index contributed by atoms with van der Waals surface area (Å²) in [6, 6.07) is 8.89. The Morgan fingerprint density at radius 1 is 0.643 bits per heavy atom. The van der Waals surface area contributed by atoms with E-state index in [9.17, 15) is 4.79 Å². The first-order valence-corrected chi connectivity index (χ1v) is 10.5. The molecule has 0 saturated heterocycles. The highest BCUT2D eigenvalue weighted by molar-refractivity contribution is 6.17. The van der Waals surface area contributed by atoms with E-state index in [2.05, 4.69) is 0 Å². The second-order valence-electron chi connectivity index (χ2n) is 6.05. The molecule has 0 bridgehead atoms. The average Bonchev–Trinajstić information content (AvgIpc) is 2.73. The van der Waals surface area contributed by atoms with Gasteiger partial charge < -0.3 is 23.7 Å². The van der Waals surface area contributed by atoms with Gasteiger partial charge in [0.25, 0.3) is 0 Å². The zero-order chi connectivity index (χ0) is 20.1. The third-order valence-corrected chi connectivity index (χ3v) is 4.03. The van der Waals surface area contributed by atoms with Crippen LogP contribution in [-0.4, -0.2) is 71.3 Å². The Labute approximate surface area is 173 Å². The van der Waals surface area contributed by atoms with E-state index in [0.717, 1.165) is 25.3 Å². The molecule has 0 amide bonds. The zero-order valence-electron chi connectivity index (χ0n) is 16.6. The summed E-state index contributed by atoms with van der Waals surface area (Å²) in [5.41, 5.74) is 0.540. The third-order valence-electron chi connectivity index (χ3n) is 3.76. The lowest BCUT2D eigenvalue weighted by atomic mass is 10.2. The fourth-order valence-corrected chi connectivity index (χ4v) is 2.45. The number of unbranched alkanes of at least 4 members (excludes halogenated alkanes) is 3. The SMILES string of the molecule is O=C(OCCOCCOCCOCCOCCCCCCCl)c1ccccc1. The number of rotatable bonds is 19. The smallest absolute Gasteiger partial charge is 0.338 e. The van der Waals surface area contributed by atoms with Crippen molar-refractivity contribution >= 4 is 17.6 Å². The van der Waals surface area contributed by atoms with Crippen molar-refractivity contribution in [1.82, 2.24) is 0 Å². The van der Waals surface area contributed by atoms with E-state index >= 15 is 0 Å². The van der Waals surface area contributed by atoms with Gasteiger partial charge in [-0.05, 0) is 25.0 Å². The molecule has 6 nitrogen and oxygen atoms in total. The fraction of sp³-hybridized carbons (Fsp3) is 0.667. The Kier molecular flexibility index (Phi) is 17.0. The molecule has 28 heavy (non-hydrogen) atoms. The number of esters is 1. The van der Waals surface area contributed by atoms with Crippen LogP contribution in [0.2, 0.25) is 0 Å². The van der Waals surface area contributed by atoms with Crippen LogP contribution in [0.5, 0.6) is 0 Å². The lowest BCUT2D eigenvalue weighted by Crippen LogP contribution is -2.14. The van der Waals surface area contributed by atoms with Gasteiger partial charge in [-0.15, -0.1) is 11.6 Å². The molecular formula is C21H33ClO6. The third kappa shape index (κ3) is 14.8. The molecule has 7 heteroatoms. The van der Waals surface area contributed by atoms with Crippen molar-refractivity contribution < 1.29 is 28.5 Å². The molecule has 0 aliphatic carbocycles. The summed E-state index contributed by atoms with van der Waals surface area (Å²) in [6.45, 7) is 4.53. The van der Waals surface area contributed by atoms with Crippen molar-refractivity contribution in [3.05, 3.63) is 35.9 Å². The normalized spacial score (nSPS) is 10.9. The van der Waals surface area contributed by atoms with Crippen molar-refractivity contribution in [2.24, 2.45) is 0 Å². The summed E-state index contributed by atoms with van der Waals surface area (Å²) in [5.74, 6) is 0.403. The van der Waals surface area contributed by atoms with E-state index in [4.69, 9.17) is 35.3 Å². The first-order valence-electron chi connectivity index (χ1n) is 9.93. The van der Waals surface area contributed by atoms with E-state index in [0.29, 0.717) is 51.8 Å². The monoisotopic (exact) mass is 416 g/mol. The van der Waals surface area contributed by atoms with Crippen molar-refractivity contribution in [1.29, 1.82) is 0 Å². The molecule has 160 valence electrons. The van der Waals surface area contributed by atoms with Gasteiger partial charge in [-0.3, -0.25) is 0 Å². The molecule has 0 aliphatic rings. The molecule has 1 aromatic carbocycles. The second kappa shape index (κ2) is 19.2. The molecule has 0 spiro atoms. The highest BCUT2D eigenvalue weighted by Gasteiger charge is 2.04. The maximum Gasteiger partial charge on any atom is 0.338 e. The van der Waals surface area contributed by atoms with Crippen molar-refractivity contribution in [3.63, 3.8) is 0 Å². The van der Waals surface area contributed by atoms with Gasteiger partial charge in [0.1, 0.15) is 6.61 Å². The molecule has 0 aliphatic heterocycles. The predicted molar refractivity (Wildman–Crippen MR) is 109 cm³/mol. The van der Waals surface area contributed by atoms with Crippen LogP contribution >= 0.6 is 11.6 Å². The number of hydrogen-bond donors (Lipinski definition) is 0. The van der Waals surface area contributed by atoms with E-state index in [1.807, 2.05) is 6.07 Å². The van der Waals surface area contributed by atoms with Crippen LogP contribution < -0.4 is 0 Å². The van der Waals surface area contributed by atoms with Gasteiger partial charge in [-0.2, -0.15) is 0 Å². The van der Waals surface area contributed by atoms with Crippen LogP contribution in [0.1, 0.15) is 36.0 Å². The molecule has 0 heterocycles. The lowest BCUT2D eigenvalue weighted by Gasteiger charge is -2.08. The summed E-state index contributed by atoms with van der Waals surface area (Å²) in [7, 11) is 0. The molecule has 1 aromatic rings. The Hall–Kier alpha value is -1.18. The first-order chi connectivity index (χ1) is 13.8. The molecule has 0 atom stereocenters. The standard InChI is InChI=1S/C21H33ClO6/c22-10-6-1-2-7-11-24-12-13-25-14-15-26-16-17-27-18-19-28-21(23)20-8-4-3-5-9-20/h3-5,8-9H,1-2,6-7,10-19H2. The number of ether oxygens (including phenoxy) is 5. The summed E-state index contributed by atoms with van der Waals surface area (Å²) >= 11 is 5.62. The topological polar surface area (TPSA) is 63.2 Å². The highest BCUT2D eigenvalue weighted by Crippen LogP contribution is 2.01. The Morgan fingerprint density at radius 2 is 1.14 bits per heavy atom. The summed E-state index contributed by atoms with van der Waals surface area (Å²) in [6.07, 6.45) is 4.49. The molecular weight excluding hydrogens is 384 g/mol. The van der Waals surface area contributed by atoms with E-state index in [1.54, 1.807) is 24.3 Å². The van der Waals surface area contributed by atoms with Crippen LogP contribution in [0.15, 0.2) is 30.3 Å². The van der Waals surface area contributed by atoms with Crippen molar-refractivity contribution in [2.75, 3.05) is 65.3 Å². The molecule has 0 N–H and O–H groups in total. The fourth-order valence-electron chi connectivity index (χ4n) is 2.26. The van der Waals surface area contributed by atoms with E-state index in [-0.39, 0.29) is 12.6 Å². The zero-order valence-corrected chi connectivity index (χ0v) is 17.4. The molecule has 0 fully saturated rings. The molecule has 1 rings (SSSR count). The van der Waals surface area contributed by atoms with Crippen LogP contribution in [0, 0.1) is 0 Å². The number of carbonyl (C=O) groups excluding carboxylic acids is 1. The number of benzene rings is 1. The number of halogens is 1. The van der Waals surface area contributed by atoms with Gasteiger partial charge in [0.15, 0.2) is 0 Å². The van der Waals surface area contributed by atoms with Crippen LogP contribution in [-0.2, 0) is 23.7 Å². The average molecular weight is 417 g/mol. The summed E-state index contributed by atoms with van der Waals surface area (Å²) < 4.78 is 26.8. The van der Waals surface area contributed by atoms with Crippen LogP contribution in [0.4, 0.5) is 0 Å². The highest BCUT2D eigenvalue weighted by atomic mass is 35.5. The first kappa shape index (κ1) is 24.9. The Morgan fingerprint density at radius 3 is 1.71 bits per heavy atom. The van der Waals surface area contributed by atoms with Gasteiger partial charge in [-0.25, -0.2) is 4.79 Å². The molecule has 0 saturated carbocycles. The summed E-state index contributed by atoms with van der Waals surface area (Å²) in [5, 5.41) is 0.